The molecule has 2 aromatic carbocycles. The molecule has 2 heterocycles. The number of anilines is 1. The summed E-state index contributed by atoms with van der Waals surface area (Å²) in [6.45, 7) is 2.34. The standard InChI is InChI=1S/C25H25N5O4S/c1-4-22-23(17-7-10-20(33-2)21(13-17)34-3)29-30(25(32)35-22)15-16-5-8-18(9-6-16)28-24(31)19-14-26-11-12-27-19/h5-14,22H,4,15H2,1-3H3,(H,28,31). The van der Waals surface area contributed by atoms with Crippen LogP contribution < -0.4 is 14.8 Å². The molecule has 9 nitrogen and oxygen atoms in total. The molecule has 1 atom stereocenters. The second-order valence-corrected chi connectivity index (χ2v) is 8.79. The third-order valence-corrected chi connectivity index (χ3v) is 6.63. The van der Waals surface area contributed by atoms with Gasteiger partial charge in [0.2, 0.25) is 0 Å². The molecule has 35 heavy (non-hydrogen) atoms. The number of rotatable bonds is 8. The summed E-state index contributed by atoms with van der Waals surface area (Å²) in [4.78, 5) is 33.0. The lowest BCUT2D eigenvalue weighted by molar-refractivity contribution is 0.102. The highest BCUT2D eigenvalue weighted by atomic mass is 32.2. The predicted molar refractivity (Wildman–Crippen MR) is 135 cm³/mol. The second kappa shape index (κ2) is 11.0. The molecule has 0 saturated carbocycles. The highest BCUT2D eigenvalue weighted by molar-refractivity contribution is 8.14. The molecule has 0 aliphatic carbocycles. The molecule has 0 bridgehead atoms. The Balaban J connectivity index is 1.52. The third kappa shape index (κ3) is 5.60. The minimum atomic E-state index is -0.344. The molecule has 2 amide bonds. The minimum Gasteiger partial charge on any atom is -0.493 e. The van der Waals surface area contributed by atoms with Crippen molar-refractivity contribution in [1.29, 1.82) is 0 Å². The normalized spacial score (nSPS) is 15.4. The molecule has 4 rings (SSSR count). The zero-order valence-electron chi connectivity index (χ0n) is 19.6. The molecule has 3 aromatic rings. The van der Waals surface area contributed by atoms with Crippen molar-refractivity contribution < 1.29 is 19.1 Å². The van der Waals surface area contributed by atoms with Crippen LogP contribution in [-0.2, 0) is 6.54 Å². The summed E-state index contributed by atoms with van der Waals surface area (Å²) in [5.74, 6) is 0.895. The minimum absolute atomic E-state index is 0.0597. The first-order chi connectivity index (χ1) is 17.0. The Hall–Kier alpha value is -3.92. The van der Waals surface area contributed by atoms with Gasteiger partial charge < -0.3 is 14.8 Å². The quantitative estimate of drug-likeness (QED) is 0.491. The van der Waals surface area contributed by atoms with Gasteiger partial charge in [0.1, 0.15) is 5.69 Å². The lowest BCUT2D eigenvalue weighted by Gasteiger charge is -2.28. The highest BCUT2D eigenvalue weighted by Crippen LogP contribution is 2.33. The van der Waals surface area contributed by atoms with Crippen molar-refractivity contribution in [2.45, 2.75) is 25.1 Å². The maximum Gasteiger partial charge on any atom is 0.302 e. The van der Waals surface area contributed by atoms with Crippen molar-refractivity contribution in [3.8, 4) is 11.5 Å². The lowest BCUT2D eigenvalue weighted by Crippen LogP contribution is -2.34. The SMILES string of the molecule is CCC1SC(=O)N(Cc2ccc(NC(=O)c3cnccn3)cc2)N=C1c1ccc(OC)c(OC)c1. The largest absolute Gasteiger partial charge is 0.493 e. The van der Waals surface area contributed by atoms with Crippen molar-refractivity contribution in [2.75, 3.05) is 19.5 Å². The number of aromatic nitrogens is 2. The maximum absolute atomic E-state index is 12.8. The van der Waals surface area contributed by atoms with Crippen LogP contribution >= 0.6 is 11.8 Å². The van der Waals surface area contributed by atoms with Gasteiger partial charge in [-0.25, -0.2) is 9.99 Å². The Bertz CT molecular complexity index is 1230. The summed E-state index contributed by atoms with van der Waals surface area (Å²) in [6.07, 6.45) is 5.14. The second-order valence-electron chi connectivity index (χ2n) is 7.64. The van der Waals surface area contributed by atoms with Crippen LogP contribution in [0.3, 0.4) is 0 Å². The zero-order chi connectivity index (χ0) is 24.8. The summed E-state index contributed by atoms with van der Waals surface area (Å²) in [5.41, 5.74) is 3.41. The van der Waals surface area contributed by atoms with Crippen LogP contribution in [0.2, 0.25) is 0 Å². The number of hydrazone groups is 1. The molecule has 1 aromatic heterocycles. The number of amides is 2. The summed E-state index contributed by atoms with van der Waals surface area (Å²) in [7, 11) is 3.18. The van der Waals surface area contributed by atoms with Gasteiger partial charge in [-0.15, -0.1) is 0 Å². The van der Waals surface area contributed by atoms with E-state index < -0.39 is 0 Å². The van der Waals surface area contributed by atoms with Gasteiger partial charge in [-0.1, -0.05) is 30.8 Å². The Labute approximate surface area is 207 Å². The molecule has 0 saturated heterocycles. The molecule has 0 fully saturated rings. The van der Waals surface area contributed by atoms with Crippen LogP contribution in [-0.4, -0.2) is 51.3 Å². The first-order valence-corrected chi connectivity index (χ1v) is 11.9. The average Bonchev–Trinajstić information content (AvgIpc) is 2.90. The van der Waals surface area contributed by atoms with E-state index in [0.717, 1.165) is 23.3 Å². The van der Waals surface area contributed by atoms with E-state index in [-0.39, 0.29) is 22.1 Å². The van der Waals surface area contributed by atoms with Crippen molar-refractivity contribution >= 4 is 34.3 Å². The summed E-state index contributed by atoms with van der Waals surface area (Å²) >= 11 is 1.26. The lowest BCUT2D eigenvalue weighted by atomic mass is 10.0. The maximum atomic E-state index is 12.8. The average molecular weight is 492 g/mol. The smallest absolute Gasteiger partial charge is 0.302 e. The number of nitrogens with one attached hydrogen (secondary N) is 1. The number of ether oxygens (including phenoxy) is 2. The van der Waals surface area contributed by atoms with Gasteiger partial charge >= 0.3 is 5.24 Å². The van der Waals surface area contributed by atoms with Crippen LogP contribution in [0.25, 0.3) is 0 Å². The van der Waals surface area contributed by atoms with Gasteiger partial charge in [0.15, 0.2) is 11.5 Å². The number of hydrogen-bond donors (Lipinski definition) is 1. The monoisotopic (exact) mass is 491 g/mol. The van der Waals surface area contributed by atoms with Crippen LogP contribution in [0.4, 0.5) is 10.5 Å². The molecule has 10 heteroatoms. The van der Waals surface area contributed by atoms with E-state index in [4.69, 9.17) is 14.6 Å². The Morgan fingerprint density at radius 1 is 1.09 bits per heavy atom. The molecular formula is C25H25N5O4S. The van der Waals surface area contributed by atoms with Crippen molar-refractivity contribution in [3.05, 3.63) is 77.9 Å². The van der Waals surface area contributed by atoms with E-state index in [1.165, 1.54) is 35.4 Å². The number of nitrogens with zero attached hydrogens (tertiary/aromatic N) is 4. The molecule has 0 spiro atoms. The van der Waals surface area contributed by atoms with E-state index in [9.17, 15) is 9.59 Å². The van der Waals surface area contributed by atoms with Crippen molar-refractivity contribution in [1.82, 2.24) is 15.0 Å². The fraction of sp³-hybridized carbons (Fsp3) is 0.240. The van der Waals surface area contributed by atoms with Gasteiger partial charge in [0.05, 0.1) is 37.9 Å². The molecule has 1 aliphatic heterocycles. The van der Waals surface area contributed by atoms with Gasteiger partial charge in [0.25, 0.3) is 5.91 Å². The Morgan fingerprint density at radius 3 is 2.51 bits per heavy atom. The molecule has 1 N–H and O–H groups in total. The van der Waals surface area contributed by atoms with E-state index in [1.54, 1.807) is 26.4 Å². The summed E-state index contributed by atoms with van der Waals surface area (Å²) in [5, 5.41) is 8.80. The van der Waals surface area contributed by atoms with E-state index in [0.29, 0.717) is 23.7 Å². The zero-order valence-corrected chi connectivity index (χ0v) is 20.4. The molecule has 1 unspecified atom stereocenters. The highest BCUT2D eigenvalue weighted by Gasteiger charge is 2.30. The van der Waals surface area contributed by atoms with E-state index in [1.807, 2.05) is 37.3 Å². The Morgan fingerprint density at radius 2 is 1.86 bits per heavy atom. The number of thioether (sulfide) groups is 1. The number of hydrogen-bond acceptors (Lipinski definition) is 8. The van der Waals surface area contributed by atoms with Gasteiger partial charge in [-0.3, -0.25) is 14.6 Å². The molecular weight excluding hydrogens is 466 g/mol. The topological polar surface area (TPSA) is 106 Å². The van der Waals surface area contributed by atoms with E-state index in [2.05, 4.69) is 15.3 Å². The van der Waals surface area contributed by atoms with Gasteiger partial charge in [0, 0.05) is 23.6 Å². The molecule has 0 radical (unpaired) electrons. The summed E-state index contributed by atoms with van der Waals surface area (Å²) < 4.78 is 10.8. The van der Waals surface area contributed by atoms with Crippen LogP contribution in [0.5, 0.6) is 11.5 Å². The van der Waals surface area contributed by atoms with Crippen LogP contribution in [0.1, 0.15) is 35.0 Å². The van der Waals surface area contributed by atoms with Crippen molar-refractivity contribution in [2.24, 2.45) is 5.10 Å². The number of benzene rings is 2. The predicted octanol–water partition coefficient (Wildman–Crippen LogP) is 4.60. The number of methoxy groups -OCH3 is 2. The first-order valence-electron chi connectivity index (χ1n) is 11.0. The van der Waals surface area contributed by atoms with Crippen LogP contribution in [0, 0.1) is 0 Å². The first kappa shape index (κ1) is 24.2. The van der Waals surface area contributed by atoms with Gasteiger partial charge in [-0.05, 0) is 42.3 Å². The number of carbonyl (C=O) groups excluding carboxylic acids is 2. The van der Waals surface area contributed by atoms with E-state index >= 15 is 0 Å². The number of carbonyl (C=O) groups is 2. The van der Waals surface area contributed by atoms with Crippen LogP contribution in [0.15, 0.2) is 66.2 Å². The van der Waals surface area contributed by atoms with Crippen molar-refractivity contribution in [3.63, 3.8) is 0 Å². The molecule has 1 aliphatic rings. The fourth-order valence-electron chi connectivity index (χ4n) is 3.57. The third-order valence-electron chi connectivity index (χ3n) is 5.38. The Kier molecular flexibility index (Phi) is 7.61. The van der Waals surface area contributed by atoms with Gasteiger partial charge in [-0.2, -0.15) is 5.10 Å². The summed E-state index contributed by atoms with van der Waals surface area (Å²) in [6, 6.07) is 12.9. The fourth-order valence-corrected chi connectivity index (χ4v) is 4.50. The molecule has 180 valence electrons.